The maximum atomic E-state index is 10.8. The van der Waals surface area contributed by atoms with Gasteiger partial charge in [-0.3, -0.25) is 0 Å². The Balaban J connectivity index is 0. The van der Waals surface area contributed by atoms with Crippen molar-refractivity contribution in [3.63, 3.8) is 0 Å². The number of unbranched alkanes of at least 4 members (excludes halogenated alkanes) is 1. The van der Waals surface area contributed by atoms with Crippen molar-refractivity contribution in [2.24, 2.45) is 0 Å². The van der Waals surface area contributed by atoms with Crippen LogP contribution in [0.15, 0.2) is 24.3 Å². The van der Waals surface area contributed by atoms with Crippen LogP contribution in [0, 0.1) is 0 Å². The summed E-state index contributed by atoms with van der Waals surface area (Å²) in [7, 11) is 0. The molecule has 20 heavy (non-hydrogen) atoms. The van der Waals surface area contributed by atoms with E-state index in [1.165, 1.54) is 0 Å². The van der Waals surface area contributed by atoms with Crippen LogP contribution in [0.25, 0.3) is 0 Å². The first-order valence-electron chi connectivity index (χ1n) is 6.72. The maximum Gasteiger partial charge on any atom is 0.333 e. The number of carbonyl (C=O) groups is 2. The van der Waals surface area contributed by atoms with Gasteiger partial charge in [-0.25, -0.2) is 9.59 Å². The molecular weight excluding hydrogens is 256 g/mol. The van der Waals surface area contributed by atoms with E-state index in [2.05, 4.69) is 20.1 Å². The Morgan fingerprint density at radius 2 is 1.45 bits per heavy atom. The Labute approximate surface area is 122 Å². The average molecular weight is 284 g/mol. The van der Waals surface area contributed by atoms with Crippen LogP contribution in [0.3, 0.4) is 0 Å². The van der Waals surface area contributed by atoms with Crippen LogP contribution in [0.4, 0.5) is 0 Å². The second-order valence-corrected chi connectivity index (χ2v) is 5.55. The fraction of sp³-hybridized carbons (Fsp3) is 0.625. The van der Waals surface area contributed by atoms with Gasteiger partial charge in [0.05, 0.1) is 6.61 Å². The van der Waals surface area contributed by atoms with E-state index in [-0.39, 0.29) is 11.9 Å². The van der Waals surface area contributed by atoms with Gasteiger partial charge in [0.1, 0.15) is 5.60 Å². The van der Waals surface area contributed by atoms with Crippen LogP contribution < -0.4 is 0 Å². The van der Waals surface area contributed by atoms with Crippen LogP contribution >= 0.6 is 0 Å². The summed E-state index contributed by atoms with van der Waals surface area (Å²) in [6.45, 7) is 18.3. The number of hydrogen-bond donors (Lipinski definition) is 0. The zero-order valence-electron chi connectivity index (χ0n) is 13.7. The molecule has 0 N–H and O–H groups in total. The highest BCUT2D eigenvalue weighted by Crippen LogP contribution is 2.09. The Bertz CT molecular complexity index is 348. The number of rotatable bonds is 5. The number of hydrogen-bond acceptors (Lipinski definition) is 4. The van der Waals surface area contributed by atoms with Gasteiger partial charge >= 0.3 is 11.9 Å². The van der Waals surface area contributed by atoms with Crippen molar-refractivity contribution in [3.05, 3.63) is 24.3 Å². The van der Waals surface area contributed by atoms with Crippen molar-refractivity contribution in [2.45, 2.75) is 60.0 Å². The predicted molar refractivity (Wildman–Crippen MR) is 81.3 cm³/mol. The third kappa shape index (κ3) is 14.5. The van der Waals surface area contributed by atoms with Crippen LogP contribution in [0.2, 0.25) is 0 Å². The van der Waals surface area contributed by atoms with Crippen molar-refractivity contribution >= 4 is 11.9 Å². The summed E-state index contributed by atoms with van der Waals surface area (Å²) in [4.78, 5) is 21.5. The van der Waals surface area contributed by atoms with E-state index in [4.69, 9.17) is 9.47 Å². The van der Waals surface area contributed by atoms with Gasteiger partial charge in [0.15, 0.2) is 0 Å². The number of esters is 2. The minimum atomic E-state index is -0.407. The highest BCUT2D eigenvalue weighted by Gasteiger charge is 2.15. The molecule has 0 atom stereocenters. The third-order valence-electron chi connectivity index (χ3n) is 1.83. The number of carbonyl (C=O) groups excluding carboxylic acids is 2. The topological polar surface area (TPSA) is 52.6 Å². The average Bonchev–Trinajstić information content (AvgIpc) is 2.27. The summed E-state index contributed by atoms with van der Waals surface area (Å²) in [6.07, 6.45) is 1.97. The smallest absolute Gasteiger partial charge is 0.333 e. The molecule has 0 aromatic rings. The van der Waals surface area contributed by atoms with Crippen molar-refractivity contribution in [1.29, 1.82) is 0 Å². The molecule has 0 amide bonds. The van der Waals surface area contributed by atoms with E-state index in [1.54, 1.807) is 13.8 Å². The predicted octanol–water partition coefficient (Wildman–Crippen LogP) is 3.81. The Kier molecular flexibility index (Phi) is 10.6. The molecule has 0 spiro atoms. The minimum absolute atomic E-state index is 0.284. The van der Waals surface area contributed by atoms with E-state index in [0.717, 1.165) is 12.8 Å². The molecule has 0 aliphatic heterocycles. The van der Waals surface area contributed by atoms with Gasteiger partial charge in [-0.1, -0.05) is 26.5 Å². The summed E-state index contributed by atoms with van der Waals surface area (Å²) in [5.74, 6) is -0.610. The molecule has 0 rings (SSSR count). The van der Waals surface area contributed by atoms with E-state index in [1.807, 2.05) is 20.8 Å². The molecule has 0 aliphatic carbocycles. The second-order valence-electron chi connectivity index (χ2n) is 5.55. The molecule has 0 saturated carbocycles. The fourth-order valence-electron chi connectivity index (χ4n) is 0.798. The molecule has 0 aromatic heterocycles. The van der Waals surface area contributed by atoms with E-state index >= 15 is 0 Å². The molecule has 0 fully saturated rings. The largest absolute Gasteiger partial charge is 0.462 e. The quantitative estimate of drug-likeness (QED) is 0.437. The van der Waals surface area contributed by atoms with Crippen LogP contribution in [0.1, 0.15) is 54.4 Å². The van der Waals surface area contributed by atoms with Crippen molar-refractivity contribution < 1.29 is 19.1 Å². The zero-order valence-corrected chi connectivity index (χ0v) is 13.7. The summed E-state index contributed by atoms with van der Waals surface area (Å²) < 4.78 is 9.77. The molecule has 116 valence electrons. The lowest BCUT2D eigenvalue weighted by atomic mass is 10.2. The van der Waals surface area contributed by atoms with Crippen molar-refractivity contribution in [2.75, 3.05) is 6.61 Å². The molecule has 0 aliphatic rings. The molecule has 0 unspecified atom stereocenters. The molecule has 0 saturated heterocycles. The first-order chi connectivity index (χ1) is 9.01. The Morgan fingerprint density at radius 3 is 1.70 bits per heavy atom. The first-order valence-corrected chi connectivity index (χ1v) is 6.72. The van der Waals surface area contributed by atoms with Gasteiger partial charge in [-0.05, 0) is 41.0 Å². The van der Waals surface area contributed by atoms with Gasteiger partial charge in [0, 0.05) is 11.1 Å². The number of ether oxygens (including phenoxy) is 2. The SMILES string of the molecule is C=C(C)C(=O)OC(C)(C)C.C=C(C)C(=O)OCCCC. The van der Waals surface area contributed by atoms with Gasteiger partial charge in [-0.2, -0.15) is 0 Å². The first kappa shape index (κ1) is 20.7. The normalized spacial score (nSPS) is 9.90. The van der Waals surface area contributed by atoms with Crippen molar-refractivity contribution in [3.8, 4) is 0 Å². The standard InChI is InChI=1S/2C8H14O2/c1-6(2)7(9)10-8(3,4)5;1-4-5-6-10-8(9)7(2)3/h1H2,2-5H3;2,4-6H2,1,3H3. The molecule has 0 radical (unpaired) electrons. The van der Waals surface area contributed by atoms with Crippen LogP contribution in [0.5, 0.6) is 0 Å². The van der Waals surface area contributed by atoms with E-state index < -0.39 is 5.60 Å². The molecule has 0 bridgehead atoms. The monoisotopic (exact) mass is 284 g/mol. The van der Waals surface area contributed by atoms with Gasteiger partial charge in [0.25, 0.3) is 0 Å². The lowest BCUT2D eigenvalue weighted by Gasteiger charge is -2.19. The third-order valence-corrected chi connectivity index (χ3v) is 1.83. The summed E-state index contributed by atoms with van der Waals surface area (Å²) in [5.41, 5.74) is 0.502. The van der Waals surface area contributed by atoms with Crippen molar-refractivity contribution in [1.82, 2.24) is 0 Å². The van der Waals surface area contributed by atoms with E-state index in [9.17, 15) is 9.59 Å². The summed E-state index contributed by atoms with van der Waals surface area (Å²) in [6, 6.07) is 0. The minimum Gasteiger partial charge on any atom is -0.462 e. The Morgan fingerprint density at radius 1 is 1.00 bits per heavy atom. The van der Waals surface area contributed by atoms with Crippen LogP contribution in [-0.4, -0.2) is 24.1 Å². The van der Waals surface area contributed by atoms with Gasteiger partial charge in [-0.15, -0.1) is 0 Å². The second kappa shape index (κ2) is 10.2. The highest BCUT2D eigenvalue weighted by atomic mass is 16.6. The van der Waals surface area contributed by atoms with Gasteiger partial charge in [0.2, 0.25) is 0 Å². The fourth-order valence-corrected chi connectivity index (χ4v) is 0.798. The molecule has 4 heteroatoms. The maximum absolute atomic E-state index is 10.8. The molecule has 4 nitrogen and oxygen atoms in total. The summed E-state index contributed by atoms with van der Waals surface area (Å²) >= 11 is 0. The Hall–Kier alpha value is -1.58. The lowest BCUT2D eigenvalue weighted by Crippen LogP contribution is -2.23. The lowest BCUT2D eigenvalue weighted by molar-refractivity contribution is -0.149. The molecule has 0 heterocycles. The van der Waals surface area contributed by atoms with E-state index in [0.29, 0.717) is 17.8 Å². The molecular formula is C16H28O4. The highest BCUT2D eigenvalue weighted by molar-refractivity contribution is 5.87. The summed E-state index contributed by atoms with van der Waals surface area (Å²) in [5, 5.41) is 0. The van der Waals surface area contributed by atoms with Gasteiger partial charge < -0.3 is 9.47 Å². The van der Waals surface area contributed by atoms with Crippen LogP contribution in [-0.2, 0) is 19.1 Å². The molecule has 0 aromatic carbocycles. The zero-order chi connectivity index (χ0) is 16.3.